The molecule has 5 rings (SSSR count). The molecule has 0 spiro atoms. The lowest BCUT2D eigenvalue weighted by molar-refractivity contribution is 0.199. The fourth-order valence-corrected chi connectivity index (χ4v) is 4.39. The van der Waals surface area contributed by atoms with Crippen LogP contribution in [0.4, 0.5) is 4.39 Å². The van der Waals surface area contributed by atoms with Gasteiger partial charge in [0.15, 0.2) is 0 Å². The normalized spacial score (nSPS) is 15.5. The average Bonchev–Trinajstić information content (AvgIpc) is 3.40. The van der Waals surface area contributed by atoms with Gasteiger partial charge in [-0.15, -0.1) is 0 Å². The van der Waals surface area contributed by atoms with Crippen molar-refractivity contribution in [3.63, 3.8) is 0 Å². The second kappa shape index (κ2) is 7.99. The molecule has 1 saturated heterocycles. The number of hydrogen-bond acceptors (Lipinski definition) is 5. The number of aromatic nitrogens is 5. The van der Waals surface area contributed by atoms with Gasteiger partial charge in [0.1, 0.15) is 23.0 Å². The van der Waals surface area contributed by atoms with Crippen molar-refractivity contribution in [2.24, 2.45) is 0 Å². The van der Waals surface area contributed by atoms with E-state index in [1.807, 2.05) is 6.07 Å². The van der Waals surface area contributed by atoms with E-state index in [9.17, 15) is 9.18 Å². The first kappa shape index (κ1) is 19.5. The first-order valence-corrected chi connectivity index (χ1v) is 10.3. The highest BCUT2D eigenvalue weighted by Crippen LogP contribution is 2.37. The Morgan fingerprint density at radius 1 is 1.16 bits per heavy atom. The van der Waals surface area contributed by atoms with Crippen LogP contribution < -0.4 is 10.4 Å². The Balaban J connectivity index is 1.38. The van der Waals surface area contributed by atoms with Gasteiger partial charge in [-0.3, -0.25) is 9.88 Å². The second-order valence-electron chi connectivity index (χ2n) is 7.86. The molecule has 160 valence electrons. The summed E-state index contributed by atoms with van der Waals surface area (Å²) in [4.78, 5) is 24.2. The zero-order valence-electron chi connectivity index (χ0n) is 17.1. The van der Waals surface area contributed by atoms with Crippen molar-refractivity contribution in [2.75, 3.05) is 20.2 Å². The SMILES string of the molecule is COc1ccc(F)cc1-c1ccnc2[nH]c(C3CCN(Cc4n[nH]c(=O)[nH]4)CC3)cc12. The molecule has 8 nitrogen and oxygen atoms in total. The highest BCUT2D eigenvalue weighted by molar-refractivity contribution is 5.95. The number of hydrogen-bond donors (Lipinski definition) is 3. The number of nitrogens with one attached hydrogen (secondary N) is 3. The van der Waals surface area contributed by atoms with Gasteiger partial charge in [-0.2, -0.15) is 5.10 Å². The Kier molecular flexibility index (Phi) is 5.03. The van der Waals surface area contributed by atoms with E-state index in [0.29, 0.717) is 29.6 Å². The van der Waals surface area contributed by atoms with Crippen LogP contribution in [0.15, 0.2) is 41.3 Å². The number of fused-ring (bicyclic) bond motifs is 1. The lowest BCUT2D eigenvalue weighted by atomic mass is 9.93. The molecule has 1 aliphatic heterocycles. The maximum atomic E-state index is 13.9. The van der Waals surface area contributed by atoms with E-state index in [1.165, 1.54) is 12.1 Å². The maximum absolute atomic E-state index is 13.9. The maximum Gasteiger partial charge on any atom is 0.340 e. The van der Waals surface area contributed by atoms with Gasteiger partial charge < -0.3 is 9.72 Å². The third kappa shape index (κ3) is 3.84. The summed E-state index contributed by atoms with van der Waals surface area (Å²) >= 11 is 0. The molecule has 0 amide bonds. The van der Waals surface area contributed by atoms with E-state index in [2.05, 4.69) is 36.1 Å². The average molecular weight is 422 g/mol. The Morgan fingerprint density at radius 3 is 2.74 bits per heavy atom. The number of rotatable bonds is 5. The molecule has 0 radical (unpaired) electrons. The van der Waals surface area contributed by atoms with Gasteiger partial charge in [0.05, 0.1) is 13.7 Å². The molecule has 1 aliphatic rings. The molecular weight excluding hydrogens is 399 g/mol. The summed E-state index contributed by atoms with van der Waals surface area (Å²) < 4.78 is 19.4. The van der Waals surface area contributed by atoms with Gasteiger partial charge in [0, 0.05) is 28.8 Å². The summed E-state index contributed by atoms with van der Waals surface area (Å²) in [6, 6.07) is 8.57. The summed E-state index contributed by atoms with van der Waals surface area (Å²) in [6.45, 7) is 2.45. The third-order valence-corrected chi connectivity index (χ3v) is 5.96. The number of halogens is 1. The minimum atomic E-state index is -0.304. The number of piperidine rings is 1. The van der Waals surface area contributed by atoms with Crippen molar-refractivity contribution < 1.29 is 9.13 Å². The standard InChI is InChI=1S/C22H23FN6O2/c1-31-19-3-2-14(23)10-16(19)15-4-7-24-21-17(15)11-18(25-21)13-5-8-29(9-6-13)12-20-26-22(30)28-27-20/h2-4,7,10-11,13H,5-6,8-9,12H2,1H3,(H,24,25)(H2,26,27,28,30). The van der Waals surface area contributed by atoms with E-state index < -0.39 is 0 Å². The Hall–Kier alpha value is -3.46. The van der Waals surface area contributed by atoms with Crippen LogP contribution in [0.2, 0.25) is 0 Å². The first-order valence-electron chi connectivity index (χ1n) is 10.3. The van der Waals surface area contributed by atoms with Crippen molar-refractivity contribution in [1.82, 2.24) is 30.0 Å². The van der Waals surface area contributed by atoms with Gasteiger partial charge in [-0.05, 0) is 61.8 Å². The van der Waals surface area contributed by atoms with E-state index in [1.54, 1.807) is 19.4 Å². The molecule has 3 aromatic heterocycles. The largest absolute Gasteiger partial charge is 0.496 e. The van der Waals surface area contributed by atoms with Crippen LogP contribution in [0.25, 0.3) is 22.2 Å². The number of methoxy groups -OCH3 is 1. The molecule has 1 aromatic carbocycles. The van der Waals surface area contributed by atoms with Crippen molar-refractivity contribution in [3.05, 3.63) is 64.3 Å². The van der Waals surface area contributed by atoms with E-state index in [4.69, 9.17) is 4.74 Å². The number of benzene rings is 1. The van der Waals surface area contributed by atoms with Crippen molar-refractivity contribution in [3.8, 4) is 16.9 Å². The molecule has 31 heavy (non-hydrogen) atoms. The molecule has 0 bridgehead atoms. The number of aromatic amines is 3. The Labute approximate surface area is 177 Å². The number of likely N-dealkylation sites (tertiary alicyclic amines) is 1. The molecule has 0 atom stereocenters. The summed E-state index contributed by atoms with van der Waals surface area (Å²) in [5.74, 6) is 1.36. The van der Waals surface area contributed by atoms with E-state index >= 15 is 0 Å². The fraction of sp³-hybridized carbons (Fsp3) is 0.318. The number of pyridine rings is 1. The molecule has 1 fully saturated rings. The van der Waals surface area contributed by atoms with Crippen LogP contribution in [0.1, 0.15) is 30.3 Å². The van der Waals surface area contributed by atoms with Crippen LogP contribution in [-0.4, -0.2) is 50.2 Å². The fourth-order valence-electron chi connectivity index (χ4n) is 4.39. The third-order valence-electron chi connectivity index (χ3n) is 5.96. The van der Waals surface area contributed by atoms with Crippen LogP contribution in [0, 0.1) is 5.82 Å². The van der Waals surface area contributed by atoms with Crippen LogP contribution in [-0.2, 0) is 6.54 Å². The smallest absolute Gasteiger partial charge is 0.340 e. The van der Waals surface area contributed by atoms with E-state index in [0.717, 1.165) is 48.2 Å². The molecular formula is C22H23FN6O2. The quantitative estimate of drug-likeness (QED) is 0.458. The van der Waals surface area contributed by atoms with E-state index in [-0.39, 0.29) is 11.5 Å². The van der Waals surface area contributed by atoms with Gasteiger partial charge in [-0.25, -0.2) is 19.3 Å². The van der Waals surface area contributed by atoms with Crippen LogP contribution in [0.5, 0.6) is 5.75 Å². The van der Waals surface area contributed by atoms with Gasteiger partial charge in [-0.1, -0.05) is 0 Å². The highest BCUT2D eigenvalue weighted by Gasteiger charge is 2.24. The number of H-pyrrole nitrogens is 3. The summed E-state index contributed by atoms with van der Waals surface area (Å²) in [7, 11) is 1.59. The lowest BCUT2D eigenvalue weighted by Gasteiger charge is -2.30. The Morgan fingerprint density at radius 2 is 2.00 bits per heavy atom. The topological polar surface area (TPSA) is 103 Å². The van der Waals surface area contributed by atoms with Crippen molar-refractivity contribution >= 4 is 11.0 Å². The zero-order chi connectivity index (χ0) is 21.4. The predicted molar refractivity (Wildman–Crippen MR) is 115 cm³/mol. The van der Waals surface area contributed by atoms with Crippen LogP contribution in [0.3, 0.4) is 0 Å². The van der Waals surface area contributed by atoms with Gasteiger partial charge in [0.25, 0.3) is 0 Å². The highest BCUT2D eigenvalue weighted by atomic mass is 19.1. The van der Waals surface area contributed by atoms with Crippen LogP contribution >= 0.6 is 0 Å². The monoisotopic (exact) mass is 422 g/mol. The molecule has 0 aliphatic carbocycles. The van der Waals surface area contributed by atoms with Crippen molar-refractivity contribution in [2.45, 2.75) is 25.3 Å². The predicted octanol–water partition coefficient (Wildman–Crippen LogP) is 3.17. The lowest BCUT2D eigenvalue weighted by Crippen LogP contribution is -2.33. The van der Waals surface area contributed by atoms with Gasteiger partial charge in [0.2, 0.25) is 0 Å². The molecule has 9 heteroatoms. The zero-order valence-corrected chi connectivity index (χ0v) is 17.1. The summed E-state index contributed by atoms with van der Waals surface area (Å²) in [6.07, 6.45) is 3.70. The molecule has 4 aromatic rings. The minimum absolute atomic E-state index is 0.277. The second-order valence-corrected chi connectivity index (χ2v) is 7.86. The summed E-state index contributed by atoms with van der Waals surface area (Å²) in [5, 5.41) is 7.35. The molecule has 0 saturated carbocycles. The number of nitrogens with zero attached hydrogens (tertiary/aromatic N) is 3. The molecule has 0 unspecified atom stereocenters. The first-order chi connectivity index (χ1) is 15.1. The minimum Gasteiger partial charge on any atom is -0.496 e. The molecule has 3 N–H and O–H groups in total. The summed E-state index contributed by atoms with van der Waals surface area (Å²) in [5.41, 5.74) is 3.25. The molecule has 4 heterocycles. The van der Waals surface area contributed by atoms with Crippen molar-refractivity contribution in [1.29, 1.82) is 0 Å². The van der Waals surface area contributed by atoms with Gasteiger partial charge >= 0.3 is 5.69 Å². The Bertz CT molecular complexity index is 1270. The number of ether oxygens (including phenoxy) is 1.